The van der Waals surface area contributed by atoms with Crippen molar-refractivity contribution in [2.75, 3.05) is 0 Å². The second-order valence-electron chi connectivity index (χ2n) is 6.17. The molecule has 1 aromatic carbocycles. The Bertz CT molecular complexity index is 1410. The number of aromatic nitrogens is 10. The highest BCUT2D eigenvalue weighted by Gasteiger charge is 2.25. The number of hydrogen-bond donors (Lipinski definition) is 3. The van der Waals surface area contributed by atoms with E-state index in [1.54, 1.807) is 22.1 Å². The first-order valence-electron chi connectivity index (χ1n) is 8.34. The Morgan fingerprint density at radius 2 is 1.85 bits per heavy atom. The van der Waals surface area contributed by atoms with Crippen molar-refractivity contribution in [2.24, 2.45) is 0 Å². The zero-order valence-electron chi connectivity index (χ0n) is 13.9. The fourth-order valence-electron chi connectivity index (χ4n) is 3.07. The maximum atomic E-state index is 4.59. The van der Waals surface area contributed by atoms with Gasteiger partial charge in [-0.25, -0.2) is 4.98 Å². The molecule has 0 aliphatic rings. The molecule has 5 heterocycles. The molecule has 0 saturated heterocycles. The van der Waals surface area contributed by atoms with E-state index in [2.05, 4.69) is 35.6 Å². The summed E-state index contributed by atoms with van der Waals surface area (Å²) in [5.41, 5.74) is 4.95. The summed E-state index contributed by atoms with van der Waals surface area (Å²) in [5.74, 6) is 0. The molecule has 6 aromatic rings. The van der Waals surface area contributed by atoms with E-state index in [1.807, 2.05) is 53.5 Å². The van der Waals surface area contributed by atoms with Gasteiger partial charge in [-0.05, 0) is 23.3 Å². The molecule has 0 aliphatic heterocycles. The predicted octanol–water partition coefficient (Wildman–Crippen LogP) is -0.126. The lowest BCUT2D eigenvalue weighted by Gasteiger charge is -1.86. The Kier molecular flexibility index (Phi) is 2.67. The molecular weight excluding hydrogens is 344 g/mol. The van der Waals surface area contributed by atoms with E-state index in [0.717, 1.165) is 33.1 Å². The Labute approximate surface area is 150 Å². The molecular formula is C17H13N10+3. The smallest absolute Gasteiger partial charge is 0.275 e. The molecule has 0 amide bonds. The van der Waals surface area contributed by atoms with E-state index >= 15 is 0 Å². The lowest BCUT2D eigenvalue weighted by molar-refractivity contribution is -1.34. The first-order valence-corrected chi connectivity index (χ1v) is 8.34. The first-order chi connectivity index (χ1) is 13.3. The molecule has 0 radical (unpaired) electrons. The Morgan fingerprint density at radius 1 is 0.889 bits per heavy atom. The second kappa shape index (κ2) is 5.14. The molecule has 0 saturated carbocycles. The summed E-state index contributed by atoms with van der Waals surface area (Å²) in [5, 5.41) is 23.5. The summed E-state index contributed by atoms with van der Waals surface area (Å²) in [6, 6.07) is 11.7. The minimum Gasteiger partial charge on any atom is -0.275 e. The zero-order chi connectivity index (χ0) is 17.8. The van der Waals surface area contributed by atoms with Crippen LogP contribution in [0.1, 0.15) is 0 Å². The van der Waals surface area contributed by atoms with Crippen molar-refractivity contribution >= 4 is 33.1 Å². The predicted molar refractivity (Wildman–Crippen MR) is 92.4 cm³/mol. The molecule has 0 fully saturated rings. The molecule has 128 valence electrons. The lowest BCUT2D eigenvalue weighted by atomic mass is 10.3. The molecule has 6 rings (SSSR count). The van der Waals surface area contributed by atoms with E-state index in [0.29, 0.717) is 5.65 Å². The fourth-order valence-corrected chi connectivity index (χ4v) is 3.07. The quantitative estimate of drug-likeness (QED) is 0.375. The number of nitrogens with one attached hydrogen (secondary N) is 3. The van der Waals surface area contributed by atoms with Gasteiger partial charge in [-0.1, -0.05) is 12.1 Å². The minimum atomic E-state index is 0.674. The van der Waals surface area contributed by atoms with Crippen LogP contribution in [0.5, 0.6) is 0 Å². The highest BCUT2D eigenvalue weighted by atomic mass is 15.7. The summed E-state index contributed by atoms with van der Waals surface area (Å²) in [6.45, 7) is 0. The SMILES string of the molecule is c1ccc2[nH][n+](-c3cnc4[nH][n+](-[n+]5ccc6cn[nH]c6c5)nc4c3)nc2c1. The monoisotopic (exact) mass is 357 g/mol. The standard InChI is InChI=1S/C17H12N10/c1-2-4-14-13(3-1)21-26(22-14)12-7-15-17(18-9-12)24-27(23-15)25-6-5-11-8-19-20-16(11)10-25/h1-10H,(H2,18,19,20,21,22,23,24)/q+2/p+1. The third-order valence-corrected chi connectivity index (χ3v) is 4.43. The number of H-pyrrole nitrogens is 3. The number of para-hydroxylation sites is 1. The number of nitrogens with zero attached hydrogens (tertiary/aromatic N) is 7. The van der Waals surface area contributed by atoms with E-state index in [-0.39, 0.29) is 0 Å². The van der Waals surface area contributed by atoms with Crippen molar-refractivity contribution in [3.8, 4) is 5.69 Å². The van der Waals surface area contributed by atoms with Crippen LogP contribution in [-0.2, 0) is 0 Å². The van der Waals surface area contributed by atoms with Crippen molar-refractivity contribution in [1.29, 1.82) is 0 Å². The van der Waals surface area contributed by atoms with Crippen LogP contribution in [0.25, 0.3) is 38.8 Å². The van der Waals surface area contributed by atoms with Crippen LogP contribution in [-0.4, -0.2) is 35.6 Å². The van der Waals surface area contributed by atoms with Gasteiger partial charge in [0.1, 0.15) is 23.4 Å². The molecule has 0 atom stereocenters. The molecule has 0 spiro atoms. The van der Waals surface area contributed by atoms with Gasteiger partial charge >= 0.3 is 5.65 Å². The van der Waals surface area contributed by atoms with Gasteiger partial charge in [0, 0.05) is 20.0 Å². The summed E-state index contributed by atoms with van der Waals surface area (Å²) in [6.07, 6.45) is 7.33. The van der Waals surface area contributed by atoms with E-state index in [1.165, 1.54) is 0 Å². The van der Waals surface area contributed by atoms with Crippen LogP contribution in [0.4, 0.5) is 0 Å². The number of fused-ring (bicyclic) bond motifs is 3. The van der Waals surface area contributed by atoms with Gasteiger partial charge in [-0.3, -0.25) is 5.10 Å². The largest absolute Gasteiger partial charge is 0.303 e. The number of benzene rings is 1. The van der Waals surface area contributed by atoms with Crippen molar-refractivity contribution in [3.63, 3.8) is 0 Å². The van der Waals surface area contributed by atoms with E-state index in [9.17, 15) is 0 Å². The Balaban J connectivity index is 1.46. The molecule has 0 aliphatic carbocycles. The maximum absolute atomic E-state index is 4.59. The van der Waals surface area contributed by atoms with Crippen LogP contribution in [0.3, 0.4) is 0 Å². The van der Waals surface area contributed by atoms with Crippen molar-refractivity contribution < 1.29 is 14.4 Å². The highest BCUT2D eigenvalue weighted by molar-refractivity contribution is 5.75. The van der Waals surface area contributed by atoms with Crippen LogP contribution >= 0.6 is 0 Å². The number of rotatable bonds is 2. The molecule has 5 aromatic heterocycles. The Hall–Kier alpha value is -4.21. The molecule has 10 heteroatoms. The van der Waals surface area contributed by atoms with Gasteiger partial charge in [0.25, 0.3) is 16.1 Å². The van der Waals surface area contributed by atoms with Gasteiger partial charge in [0.15, 0.2) is 11.7 Å². The first kappa shape index (κ1) is 14.0. The van der Waals surface area contributed by atoms with Crippen molar-refractivity contribution in [2.45, 2.75) is 0 Å². The number of hydrogen-bond acceptors (Lipinski definition) is 4. The van der Waals surface area contributed by atoms with Crippen LogP contribution in [0.2, 0.25) is 0 Å². The number of pyridine rings is 2. The fraction of sp³-hybridized carbons (Fsp3) is 0. The zero-order valence-corrected chi connectivity index (χ0v) is 13.9. The molecule has 0 unspecified atom stereocenters. The second-order valence-corrected chi connectivity index (χ2v) is 6.17. The van der Waals surface area contributed by atoms with Gasteiger partial charge in [0.05, 0.1) is 12.3 Å². The van der Waals surface area contributed by atoms with Gasteiger partial charge in [-0.15, -0.1) is 5.10 Å². The summed E-state index contributed by atoms with van der Waals surface area (Å²) >= 11 is 0. The minimum absolute atomic E-state index is 0.674. The molecule has 10 nitrogen and oxygen atoms in total. The molecule has 0 bridgehead atoms. The van der Waals surface area contributed by atoms with Gasteiger partial charge < -0.3 is 0 Å². The van der Waals surface area contributed by atoms with Crippen LogP contribution in [0, 0.1) is 0 Å². The summed E-state index contributed by atoms with van der Waals surface area (Å²) in [4.78, 5) is 7.78. The topological polar surface area (TPSA) is 111 Å². The van der Waals surface area contributed by atoms with Crippen LogP contribution in [0.15, 0.2) is 61.2 Å². The number of aromatic amines is 3. The van der Waals surface area contributed by atoms with Crippen molar-refractivity contribution in [3.05, 3.63) is 61.2 Å². The Morgan fingerprint density at radius 3 is 2.81 bits per heavy atom. The third-order valence-electron chi connectivity index (χ3n) is 4.43. The molecule has 3 N–H and O–H groups in total. The van der Waals surface area contributed by atoms with Crippen molar-refractivity contribution in [1.82, 2.24) is 35.6 Å². The normalized spacial score (nSPS) is 11.7. The summed E-state index contributed by atoms with van der Waals surface area (Å²) < 4.78 is 1.82. The lowest BCUT2D eigenvalue weighted by Crippen LogP contribution is -2.69. The van der Waals surface area contributed by atoms with E-state index < -0.39 is 0 Å². The third kappa shape index (κ3) is 2.16. The summed E-state index contributed by atoms with van der Waals surface area (Å²) in [7, 11) is 0. The average molecular weight is 357 g/mol. The maximum Gasteiger partial charge on any atom is 0.303 e. The highest BCUT2D eigenvalue weighted by Crippen LogP contribution is 2.09. The van der Waals surface area contributed by atoms with E-state index in [4.69, 9.17) is 0 Å². The van der Waals surface area contributed by atoms with Crippen LogP contribution < -0.4 is 14.4 Å². The average Bonchev–Trinajstić information content (AvgIpc) is 3.42. The van der Waals surface area contributed by atoms with Gasteiger partial charge in [-0.2, -0.15) is 5.10 Å². The molecule has 27 heavy (non-hydrogen) atoms. The van der Waals surface area contributed by atoms with Gasteiger partial charge in [0.2, 0.25) is 5.10 Å².